The van der Waals surface area contributed by atoms with Gasteiger partial charge in [0.25, 0.3) is 0 Å². The zero-order valence-electron chi connectivity index (χ0n) is 5.50. The summed E-state index contributed by atoms with van der Waals surface area (Å²) in [6.07, 6.45) is -0.388. The van der Waals surface area contributed by atoms with E-state index in [1.165, 1.54) is 0 Å². The molecule has 0 aromatic heterocycles. The Morgan fingerprint density at radius 3 is 2.44 bits per heavy atom. The van der Waals surface area contributed by atoms with Crippen molar-refractivity contribution in [3.05, 3.63) is 0 Å². The molecule has 54 valence electrons. The molecule has 0 saturated carbocycles. The van der Waals surface area contributed by atoms with E-state index in [4.69, 9.17) is 10.2 Å². The third-order valence-corrected chi connectivity index (χ3v) is 0.939. The monoisotopic (exact) mass is 132 g/mol. The van der Waals surface area contributed by atoms with E-state index >= 15 is 0 Å². The van der Waals surface area contributed by atoms with Crippen molar-refractivity contribution in [2.45, 2.75) is 32.5 Å². The van der Waals surface area contributed by atoms with Crippen molar-refractivity contribution >= 4 is 5.78 Å². The van der Waals surface area contributed by atoms with E-state index in [0.717, 1.165) is 6.42 Å². The lowest BCUT2D eigenvalue weighted by molar-refractivity contribution is -0.127. The fraction of sp³-hybridized carbons (Fsp3) is 0.833. The van der Waals surface area contributed by atoms with E-state index in [2.05, 4.69) is 0 Å². The minimum atomic E-state index is -1.47. The fourth-order valence-corrected chi connectivity index (χ4v) is 0.585. The Morgan fingerprint density at radius 2 is 2.11 bits per heavy atom. The molecule has 0 radical (unpaired) electrons. The van der Waals surface area contributed by atoms with Crippen LogP contribution in [0, 0.1) is 0 Å². The minimum Gasteiger partial charge on any atom is -0.368 e. The Kier molecular flexibility index (Phi) is 4.26. The zero-order valence-corrected chi connectivity index (χ0v) is 5.50. The van der Waals surface area contributed by atoms with Crippen LogP contribution in [0.4, 0.5) is 0 Å². The molecule has 0 aliphatic carbocycles. The van der Waals surface area contributed by atoms with Gasteiger partial charge < -0.3 is 10.2 Å². The summed E-state index contributed by atoms with van der Waals surface area (Å²) < 4.78 is 0. The number of carbonyl (C=O) groups is 1. The maximum Gasteiger partial charge on any atom is 0.158 e. The molecule has 0 atom stereocenters. The highest BCUT2D eigenvalue weighted by atomic mass is 16.5. The first-order valence-corrected chi connectivity index (χ1v) is 3.04. The lowest BCUT2D eigenvalue weighted by Crippen LogP contribution is -2.11. The van der Waals surface area contributed by atoms with Gasteiger partial charge in [0.05, 0.1) is 6.42 Å². The van der Waals surface area contributed by atoms with Gasteiger partial charge in [0.1, 0.15) is 5.78 Å². The lowest BCUT2D eigenvalue weighted by Gasteiger charge is -1.99. The predicted molar refractivity (Wildman–Crippen MR) is 32.8 cm³/mol. The number of ketones is 1. The number of rotatable bonds is 4. The Labute approximate surface area is 54.3 Å². The van der Waals surface area contributed by atoms with Crippen LogP contribution in [-0.4, -0.2) is 22.3 Å². The van der Waals surface area contributed by atoms with Gasteiger partial charge in [-0.15, -0.1) is 0 Å². The Bertz CT molecular complexity index is 88.3. The van der Waals surface area contributed by atoms with Gasteiger partial charge in [-0.3, -0.25) is 4.79 Å². The van der Waals surface area contributed by atoms with Gasteiger partial charge in [0, 0.05) is 6.42 Å². The first kappa shape index (κ1) is 8.59. The second kappa shape index (κ2) is 4.47. The van der Waals surface area contributed by atoms with Gasteiger partial charge in [0.15, 0.2) is 6.29 Å². The van der Waals surface area contributed by atoms with Crippen LogP contribution in [0.15, 0.2) is 0 Å². The first-order chi connectivity index (χ1) is 4.16. The van der Waals surface area contributed by atoms with Crippen molar-refractivity contribution in [1.29, 1.82) is 0 Å². The highest BCUT2D eigenvalue weighted by Crippen LogP contribution is 1.95. The second-order valence-electron chi connectivity index (χ2n) is 1.97. The Balaban J connectivity index is 3.27. The van der Waals surface area contributed by atoms with Gasteiger partial charge >= 0.3 is 0 Å². The van der Waals surface area contributed by atoms with Crippen LogP contribution in [0.3, 0.4) is 0 Å². The second-order valence-corrected chi connectivity index (χ2v) is 1.97. The third kappa shape index (κ3) is 5.46. The summed E-state index contributed by atoms with van der Waals surface area (Å²) in [4.78, 5) is 10.5. The molecule has 0 amide bonds. The van der Waals surface area contributed by atoms with E-state index in [1.807, 2.05) is 6.92 Å². The van der Waals surface area contributed by atoms with Crippen LogP contribution in [0.2, 0.25) is 0 Å². The van der Waals surface area contributed by atoms with Crippen LogP contribution in [0.1, 0.15) is 26.2 Å². The lowest BCUT2D eigenvalue weighted by atomic mass is 10.2. The summed E-state index contributed by atoms with van der Waals surface area (Å²) in [6.45, 7) is 1.88. The largest absolute Gasteiger partial charge is 0.368 e. The molecule has 0 rings (SSSR count). The number of aliphatic hydroxyl groups excluding tert-OH is 1. The fourth-order valence-electron chi connectivity index (χ4n) is 0.585. The molecule has 0 aliphatic heterocycles. The Hall–Kier alpha value is -0.410. The van der Waals surface area contributed by atoms with Crippen LogP contribution in [0.25, 0.3) is 0 Å². The number of Topliss-reactive ketones (excluding diaryl/α,β-unsaturated/α-hetero) is 1. The van der Waals surface area contributed by atoms with Gasteiger partial charge in [0.2, 0.25) is 0 Å². The van der Waals surface area contributed by atoms with Crippen molar-refractivity contribution in [2.75, 3.05) is 0 Å². The van der Waals surface area contributed by atoms with E-state index in [9.17, 15) is 4.79 Å². The number of hydrogen-bond donors (Lipinski definition) is 2. The maximum absolute atomic E-state index is 10.5. The van der Waals surface area contributed by atoms with E-state index in [1.54, 1.807) is 0 Å². The first-order valence-electron chi connectivity index (χ1n) is 3.04. The SMILES string of the molecule is CCCC(=O)CC(O)O. The highest BCUT2D eigenvalue weighted by Gasteiger charge is 2.04. The molecular weight excluding hydrogens is 120 g/mol. The molecule has 3 heteroatoms. The summed E-state index contributed by atoms with van der Waals surface area (Å²) in [7, 11) is 0. The molecule has 0 aromatic rings. The topological polar surface area (TPSA) is 57.5 Å². The molecule has 0 saturated heterocycles. The number of hydrogen-bond acceptors (Lipinski definition) is 3. The summed E-state index contributed by atoms with van der Waals surface area (Å²) >= 11 is 0. The predicted octanol–water partition coefficient (Wildman–Crippen LogP) is 0.0564. The molecule has 0 aromatic carbocycles. The average molecular weight is 132 g/mol. The summed E-state index contributed by atoms with van der Waals surface area (Å²) in [5.74, 6) is -0.0903. The molecule has 0 aliphatic rings. The molecule has 0 fully saturated rings. The molecule has 0 heterocycles. The van der Waals surface area contributed by atoms with Crippen LogP contribution in [-0.2, 0) is 4.79 Å². The molecule has 9 heavy (non-hydrogen) atoms. The summed E-state index contributed by atoms with van der Waals surface area (Å²) in [5.41, 5.74) is 0. The number of aliphatic hydroxyl groups is 2. The smallest absolute Gasteiger partial charge is 0.158 e. The van der Waals surface area contributed by atoms with Crippen molar-refractivity contribution in [3.8, 4) is 0 Å². The van der Waals surface area contributed by atoms with Gasteiger partial charge in [-0.05, 0) is 6.42 Å². The van der Waals surface area contributed by atoms with Crippen molar-refractivity contribution in [2.24, 2.45) is 0 Å². The summed E-state index contributed by atoms with van der Waals surface area (Å²) in [5, 5.41) is 16.6. The van der Waals surface area contributed by atoms with Crippen molar-refractivity contribution in [1.82, 2.24) is 0 Å². The van der Waals surface area contributed by atoms with Crippen molar-refractivity contribution < 1.29 is 15.0 Å². The van der Waals surface area contributed by atoms with E-state index in [-0.39, 0.29) is 12.2 Å². The third-order valence-electron chi connectivity index (χ3n) is 0.939. The molecule has 2 N–H and O–H groups in total. The normalized spacial score (nSPS) is 10.2. The van der Waals surface area contributed by atoms with Crippen LogP contribution in [0.5, 0.6) is 0 Å². The minimum absolute atomic E-state index is 0.0903. The van der Waals surface area contributed by atoms with E-state index < -0.39 is 6.29 Å². The Morgan fingerprint density at radius 1 is 1.56 bits per heavy atom. The highest BCUT2D eigenvalue weighted by molar-refractivity contribution is 5.78. The molecule has 0 bridgehead atoms. The molecule has 0 spiro atoms. The maximum atomic E-state index is 10.5. The van der Waals surface area contributed by atoms with E-state index in [0.29, 0.717) is 6.42 Å². The van der Waals surface area contributed by atoms with Gasteiger partial charge in [-0.25, -0.2) is 0 Å². The quantitative estimate of drug-likeness (QED) is 0.531. The van der Waals surface area contributed by atoms with Crippen LogP contribution < -0.4 is 0 Å². The summed E-state index contributed by atoms with van der Waals surface area (Å²) in [6, 6.07) is 0. The van der Waals surface area contributed by atoms with Gasteiger partial charge in [-0.2, -0.15) is 0 Å². The van der Waals surface area contributed by atoms with Gasteiger partial charge in [-0.1, -0.05) is 6.92 Å². The standard InChI is InChI=1S/C6H12O3/c1-2-3-5(7)4-6(8)9/h6,8-9H,2-4H2,1H3. The van der Waals surface area contributed by atoms with Crippen molar-refractivity contribution in [3.63, 3.8) is 0 Å². The molecule has 0 unspecified atom stereocenters. The molecule has 3 nitrogen and oxygen atoms in total. The molecular formula is C6H12O3. The zero-order chi connectivity index (χ0) is 7.28. The number of carbonyl (C=O) groups excluding carboxylic acids is 1. The van der Waals surface area contributed by atoms with Crippen LogP contribution >= 0.6 is 0 Å². The average Bonchev–Trinajstić information content (AvgIpc) is 1.63.